The molecule has 0 radical (unpaired) electrons. The van der Waals surface area contributed by atoms with Gasteiger partial charge in [0.05, 0.1) is 11.5 Å². The van der Waals surface area contributed by atoms with Crippen molar-refractivity contribution in [1.29, 1.82) is 0 Å². The predicted molar refractivity (Wildman–Crippen MR) is 121 cm³/mol. The molecule has 0 aliphatic heterocycles. The first-order chi connectivity index (χ1) is 14.0. The molecule has 0 atom stereocenters. The summed E-state index contributed by atoms with van der Waals surface area (Å²) in [6.45, 7) is 4.51. The van der Waals surface area contributed by atoms with Gasteiger partial charge in [0.15, 0.2) is 0 Å². The number of aryl methyl sites for hydroxylation is 1. The van der Waals surface area contributed by atoms with Gasteiger partial charge in [-0.1, -0.05) is 82.9 Å². The van der Waals surface area contributed by atoms with Gasteiger partial charge in [-0.25, -0.2) is 0 Å². The lowest BCUT2D eigenvalue weighted by Crippen LogP contribution is -2.24. The quantitative estimate of drug-likeness (QED) is 0.233. The van der Waals surface area contributed by atoms with E-state index in [1.165, 1.54) is 57.4 Å². The van der Waals surface area contributed by atoms with E-state index in [4.69, 9.17) is 10.8 Å². The highest BCUT2D eigenvalue weighted by molar-refractivity contribution is 7.85. The van der Waals surface area contributed by atoms with Crippen LogP contribution in [0.1, 0.15) is 76.7 Å². The SMILES string of the molecule is CCCCCCCCCCCCc1ccccc1S(=O)(=O)O.NCCNCCO. The van der Waals surface area contributed by atoms with Crippen molar-refractivity contribution in [3.05, 3.63) is 29.8 Å². The second kappa shape index (κ2) is 19.0. The molecule has 1 aromatic rings. The topological polar surface area (TPSA) is 113 Å². The highest BCUT2D eigenvalue weighted by atomic mass is 32.2. The number of rotatable bonds is 16. The lowest BCUT2D eigenvalue weighted by molar-refractivity contribution is 0.293. The number of aliphatic hydroxyl groups excluding tert-OH is 1. The Balaban J connectivity index is 0.000000956. The van der Waals surface area contributed by atoms with Crippen LogP contribution in [0.2, 0.25) is 0 Å². The van der Waals surface area contributed by atoms with E-state index in [-0.39, 0.29) is 11.5 Å². The fraction of sp³-hybridized carbons (Fsp3) is 0.727. The van der Waals surface area contributed by atoms with Crippen molar-refractivity contribution >= 4 is 10.1 Å². The van der Waals surface area contributed by atoms with E-state index in [0.29, 0.717) is 19.5 Å². The Hall–Kier alpha value is -0.990. The first kappa shape index (κ1) is 28.0. The molecule has 29 heavy (non-hydrogen) atoms. The number of nitrogens with one attached hydrogen (secondary N) is 1. The van der Waals surface area contributed by atoms with Crippen LogP contribution in [-0.2, 0) is 16.5 Å². The maximum atomic E-state index is 11.3. The highest BCUT2D eigenvalue weighted by Crippen LogP contribution is 2.18. The third-order valence-corrected chi connectivity index (χ3v) is 5.61. The Labute approximate surface area is 178 Å². The molecule has 6 nitrogen and oxygen atoms in total. The van der Waals surface area contributed by atoms with Crippen LogP contribution >= 0.6 is 0 Å². The minimum Gasteiger partial charge on any atom is -0.395 e. The zero-order valence-corrected chi connectivity index (χ0v) is 18.9. The first-order valence-corrected chi connectivity index (χ1v) is 12.5. The molecule has 0 heterocycles. The Bertz CT molecular complexity index is 590. The summed E-state index contributed by atoms with van der Waals surface area (Å²) in [5.74, 6) is 0. The maximum absolute atomic E-state index is 11.3. The van der Waals surface area contributed by atoms with Crippen LogP contribution in [0.5, 0.6) is 0 Å². The minimum atomic E-state index is -4.10. The highest BCUT2D eigenvalue weighted by Gasteiger charge is 2.13. The molecule has 0 aliphatic carbocycles. The molecule has 7 heteroatoms. The number of hydrogen-bond donors (Lipinski definition) is 4. The molecule has 0 saturated heterocycles. The maximum Gasteiger partial charge on any atom is 0.294 e. The van der Waals surface area contributed by atoms with E-state index >= 15 is 0 Å². The molecule has 0 aliphatic rings. The summed E-state index contributed by atoms with van der Waals surface area (Å²) in [6, 6.07) is 6.73. The average Bonchev–Trinajstić information content (AvgIpc) is 2.70. The van der Waals surface area contributed by atoms with Gasteiger partial charge in [0.2, 0.25) is 0 Å². The number of benzene rings is 1. The fourth-order valence-electron chi connectivity index (χ4n) is 3.07. The van der Waals surface area contributed by atoms with Crippen LogP contribution in [0, 0.1) is 0 Å². The Kier molecular flexibility index (Phi) is 18.4. The van der Waals surface area contributed by atoms with Gasteiger partial charge < -0.3 is 16.2 Å². The first-order valence-electron chi connectivity index (χ1n) is 11.0. The molecule has 1 aromatic carbocycles. The molecule has 170 valence electrons. The molecule has 0 amide bonds. The van der Waals surface area contributed by atoms with Crippen molar-refractivity contribution < 1.29 is 18.1 Å². The molecule has 0 fully saturated rings. The van der Waals surface area contributed by atoms with Gasteiger partial charge in [-0.3, -0.25) is 4.55 Å². The lowest BCUT2D eigenvalue weighted by Gasteiger charge is -2.07. The summed E-state index contributed by atoms with van der Waals surface area (Å²) < 4.78 is 31.8. The van der Waals surface area contributed by atoms with Crippen LogP contribution in [0.15, 0.2) is 29.2 Å². The van der Waals surface area contributed by atoms with Gasteiger partial charge in [0.25, 0.3) is 10.1 Å². The zero-order chi connectivity index (χ0) is 21.8. The second-order valence-corrected chi connectivity index (χ2v) is 8.67. The van der Waals surface area contributed by atoms with E-state index in [9.17, 15) is 13.0 Å². The van der Waals surface area contributed by atoms with Gasteiger partial charge in [0, 0.05) is 19.6 Å². The van der Waals surface area contributed by atoms with Crippen LogP contribution < -0.4 is 11.1 Å². The molecular formula is C22H42N2O4S. The van der Waals surface area contributed by atoms with Crippen LogP contribution in [0.3, 0.4) is 0 Å². The fourth-order valence-corrected chi connectivity index (χ4v) is 3.82. The van der Waals surface area contributed by atoms with E-state index in [1.807, 2.05) is 6.07 Å². The molecule has 0 bridgehead atoms. The van der Waals surface area contributed by atoms with Gasteiger partial charge in [-0.2, -0.15) is 8.42 Å². The third-order valence-electron chi connectivity index (χ3n) is 4.66. The molecule has 1 rings (SSSR count). The summed E-state index contributed by atoms with van der Waals surface area (Å²) >= 11 is 0. The van der Waals surface area contributed by atoms with Crippen molar-refractivity contribution in [3.63, 3.8) is 0 Å². The van der Waals surface area contributed by atoms with E-state index in [0.717, 1.165) is 24.9 Å². The zero-order valence-electron chi connectivity index (χ0n) is 18.1. The Morgan fingerprint density at radius 3 is 1.97 bits per heavy atom. The minimum absolute atomic E-state index is 0.0610. The van der Waals surface area contributed by atoms with Crippen LogP contribution in [-0.4, -0.2) is 44.3 Å². The van der Waals surface area contributed by atoms with Crippen molar-refractivity contribution in [3.8, 4) is 0 Å². The van der Waals surface area contributed by atoms with E-state index < -0.39 is 10.1 Å². The summed E-state index contributed by atoms with van der Waals surface area (Å²) in [5, 5.41) is 11.1. The van der Waals surface area contributed by atoms with Gasteiger partial charge >= 0.3 is 0 Å². The van der Waals surface area contributed by atoms with Crippen LogP contribution in [0.25, 0.3) is 0 Å². The van der Waals surface area contributed by atoms with Gasteiger partial charge in [-0.05, 0) is 24.5 Å². The molecular weight excluding hydrogens is 388 g/mol. The Morgan fingerprint density at radius 1 is 0.897 bits per heavy atom. The molecule has 0 spiro atoms. The summed E-state index contributed by atoms with van der Waals surface area (Å²) in [7, 11) is -4.10. The van der Waals surface area contributed by atoms with Crippen molar-refractivity contribution in [2.75, 3.05) is 26.2 Å². The van der Waals surface area contributed by atoms with Gasteiger partial charge in [0.1, 0.15) is 0 Å². The largest absolute Gasteiger partial charge is 0.395 e. The van der Waals surface area contributed by atoms with E-state index in [2.05, 4.69) is 12.2 Å². The van der Waals surface area contributed by atoms with Gasteiger partial charge in [-0.15, -0.1) is 0 Å². The van der Waals surface area contributed by atoms with Crippen LogP contribution in [0.4, 0.5) is 0 Å². The number of unbranched alkanes of at least 4 members (excludes halogenated alkanes) is 9. The second-order valence-electron chi connectivity index (χ2n) is 7.28. The lowest BCUT2D eigenvalue weighted by atomic mass is 10.0. The van der Waals surface area contributed by atoms with E-state index in [1.54, 1.807) is 12.1 Å². The normalized spacial score (nSPS) is 11.2. The third kappa shape index (κ3) is 16.5. The Morgan fingerprint density at radius 2 is 1.45 bits per heavy atom. The summed E-state index contributed by atoms with van der Waals surface area (Å²) in [6.07, 6.45) is 13.3. The molecule has 5 N–H and O–H groups in total. The van der Waals surface area contributed by atoms with Crippen molar-refractivity contribution in [2.45, 2.75) is 82.4 Å². The average molecular weight is 431 g/mol. The molecule has 0 unspecified atom stereocenters. The number of hydrogen-bond acceptors (Lipinski definition) is 5. The predicted octanol–water partition coefficient (Wildman–Crippen LogP) is 3.92. The monoisotopic (exact) mass is 430 g/mol. The number of aliphatic hydroxyl groups is 1. The summed E-state index contributed by atoms with van der Waals surface area (Å²) in [4.78, 5) is 0.0610. The molecule has 0 saturated carbocycles. The standard InChI is InChI=1S/C18H30O3S.C4H12N2O/c1-2-3-4-5-6-7-8-9-10-11-14-17-15-12-13-16-18(17)22(19,20)21;5-1-2-6-3-4-7/h12-13,15-16H,2-11,14H2,1H3,(H,19,20,21);6-7H,1-5H2. The number of nitrogens with two attached hydrogens (primary N) is 1. The molecule has 0 aromatic heterocycles. The van der Waals surface area contributed by atoms with Crippen molar-refractivity contribution in [1.82, 2.24) is 5.32 Å². The van der Waals surface area contributed by atoms with Crippen molar-refractivity contribution in [2.24, 2.45) is 5.73 Å². The summed E-state index contributed by atoms with van der Waals surface area (Å²) in [5.41, 5.74) is 5.85. The smallest absolute Gasteiger partial charge is 0.294 e.